The summed E-state index contributed by atoms with van der Waals surface area (Å²) in [7, 11) is 0. The maximum atomic E-state index is 13.7. The Balaban J connectivity index is 2.31. The van der Waals surface area contributed by atoms with E-state index in [2.05, 4.69) is 4.98 Å². The molecule has 0 unspecified atom stereocenters. The lowest BCUT2D eigenvalue weighted by Gasteiger charge is -2.08. The van der Waals surface area contributed by atoms with Crippen molar-refractivity contribution < 1.29 is 9.13 Å². The first-order chi connectivity index (χ1) is 8.08. The van der Waals surface area contributed by atoms with Crippen molar-refractivity contribution in [3.05, 3.63) is 47.4 Å². The zero-order valence-electron chi connectivity index (χ0n) is 9.70. The van der Waals surface area contributed by atoms with Crippen molar-refractivity contribution >= 4 is 5.69 Å². The van der Waals surface area contributed by atoms with Gasteiger partial charge in [0.2, 0.25) is 5.88 Å². The van der Waals surface area contributed by atoms with Crippen LogP contribution in [0, 0.1) is 19.7 Å². The Labute approximate surface area is 99.1 Å². The molecule has 0 saturated heterocycles. The van der Waals surface area contributed by atoms with Gasteiger partial charge >= 0.3 is 0 Å². The molecule has 0 aliphatic rings. The van der Waals surface area contributed by atoms with E-state index in [1.165, 1.54) is 0 Å². The molecular weight excluding hydrogens is 219 g/mol. The minimum Gasteiger partial charge on any atom is -0.436 e. The average molecular weight is 232 g/mol. The smallest absolute Gasteiger partial charge is 0.219 e. The number of ether oxygens (including phenoxy) is 1. The van der Waals surface area contributed by atoms with Gasteiger partial charge < -0.3 is 10.5 Å². The molecule has 0 aliphatic heterocycles. The summed E-state index contributed by atoms with van der Waals surface area (Å²) in [5.41, 5.74) is 7.43. The lowest BCUT2D eigenvalue weighted by molar-refractivity contribution is 0.425. The molecule has 0 fully saturated rings. The molecule has 3 nitrogen and oxygen atoms in total. The van der Waals surface area contributed by atoms with Gasteiger partial charge in [-0.15, -0.1) is 0 Å². The second kappa shape index (κ2) is 4.41. The maximum absolute atomic E-state index is 13.7. The van der Waals surface area contributed by atoms with Gasteiger partial charge in [0.15, 0.2) is 11.6 Å². The molecule has 1 heterocycles. The molecule has 1 aromatic carbocycles. The summed E-state index contributed by atoms with van der Waals surface area (Å²) < 4.78 is 19.1. The number of aryl methyl sites for hydroxylation is 2. The molecule has 0 spiro atoms. The van der Waals surface area contributed by atoms with E-state index in [1.54, 1.807) is 44.2 Å². The molecular formula is C13H13FN2O. The number of anilines is 1. The highest BCUT2D eigenvalue weighted by Crippen LogP contribution is 2.25. The minimum atomic E-state index is -0.372. The Bertz CT molecular complexity index is 555. The van der Waals surface area contributed by atoms with Gasteiger partial charge in [0.25, 0.3) is 0 Å². The molecule has 2 aromatic rings. The van der Waals surface area contributed by atoms with Gasteiger partial charge in [0.05, 0.1) is 11.4 Å². The second-order valence-corrected chi connectivity index (χ2v) is 3.81. The zero-order chi connectivity index (χ0) is 12.4. The molecule has 0 amide bonds. The highest BCUT2D eigenvalue weighted by molar-refractivity contribution is 5.44. The van der Waals surface area contributed by atoms with Crippen molar-refractivity contribution in [1.82, 2.24) is 4.98 Å². The summed E-state index contributed by atoms with van der Waals surface area (Å²) in [5.74, 6) is 0.131. The Morgan fingerprint density at radius 1 is 1.18 bits per heavy atom. The van der Waals surface area contributed by atoms with Crippen LogP contribution in [-0.4, -0.2) is 4.98 Å². The van der Waals surface area contributed by atoms with Crippen LogP contribution in [0.2, 0.25) is 0 Å². The molecule has 17 heavy (non-hydrogen) atoms. The van der Waals surface area contributed by atoms with Crippen LogP contribution in [0.3, 0.4) is 0 Å². The molecule has 88 valence electrons. The topological polar surface area (TPSA) is 48.1 Å². The van der Waals surface area contributed by atoms with Crippen LogP contribution in [0.5, 0.6) is 11.6 Å². The predicted octanol–water partition coefficient (Wildman–Crippen LogP) is 3.21. The predicted molar refractivity (Wildman–Crippen MR) is 64.6 cm³/mol. The Morgan fingerprint density at radius 3 is 2.65 bits per heavy atom. The molecule has 0 aliphatic carbocycles. The molecule has 0 atom stereocenters. The van der Waals surface area contributed by atoms with Crippen LogP contribution in [-0.2, 0) is 0 Å². The van der Waals surface area contributed by atoms with Gasteiger partial charge in [-0.25, -0.2) is 9.37 Å². The first-order valence-corrected chi connectivity index (χ1v) is 5.24. The second-order valence-electron chi connectivity index (χ2n) is 3.81. The lowest BCUT2D eigenvalue weighted by atomic mass is 10.2. The molecule has 4 heteroatoms. The Hall–Kier alpha value is -2.10. The number of aromatic nitrogens is 1. The fraction of sp³-hybridized carbons (Fsp3) is 0.154. The highest BCUT2D eigenvalue weighted by Gasteiger charge is 2.08. The minimum absolute atomic E-state index is 0.168. The lowest BCUT2D eigenvalue weighted by Crippen LogP contribution is -1.96. The van der Waals surface area contributed by atoms with Gasteiger partial charge in [-0.1, -0.05) is 12.1 Å². The summed E-state index contributed by atoms with van der Waals surface area (Å²) in [4.78, 5) is 4.12. The number of nitrogens with zero attached hydrogens (tertiary/aromatic N) is 1. The van der Waals surface area contributed by atoms with Gasteiger partial charge in [-0.2, -0.15) is 0 Å². The number of benzene rings is 1. The van der Waals surface area contributed by atoms with Crippen molar-refractivity contribution in [3.63, 3.8) is 0 Å². The number of rotatable bonds is 2. The van der Waals surface area contributed by atoms with E-state index in [4.69, 9.17) is 10.5 Å². The number of halogens is 1. The number of pyridine rings is 1. The molecule has 1 aromatic heterocycles. The third-order valence-electron chi connectivity index (χ3n) is 2.47. The van der Waals surface area contributed by atoms with Gasteiger partial charge in [0, 0.05) is 6.07 Å². The average Bonchev–Trinajstić information content (AvgIpc) is 2.30. The van der Waals surface area contributed by atoms with Crippen LogP contribution >= 0.6 is 0 Å². The van der Waals surface area contributed by atoms with Crippen LogP contribution < -0.4 is 10.5 Å². The van der Waals surface area contributed by atoms with Crippen molar-refractivity contribution in [3.8, 4) is 11.6 Å². The standard InChI is InChI=1S/C13H13FN2O/c1-8-4-3-5-11(13(8)14)17-12-7-6-10(15)9(2)16-12/h3-7H,15H2,1-2H3. The Kier molecular flexibility index (Phi) is 2.95. The molecule has 2 rings (SSSR count). The molecule has 0 radical (unpaired) electrons. The summed E-state index contributed by atoms with van der Waals surface area (Å²) in [5, 5.41) is 0. The van der Waals surface area contributed by atoms with E-state index in [1.807, 2.05) is 0 Å². The zero-order valence-corrected chi connectivity index (χ0v) is 9.70. The van der Waals surface area contributed by atoms with Crippen LogP contribution in [0.15, 0.2) is 30.3 Å². The van der Waals surface area contributed by atoms with E-state index in [0.717, 1.165) is 0 Å². The normalized spacial score (nSPS) is 10.3. The maximum Gasteiger partial charge on any atom is 0.219 e. The third-order valence-corrected chi connectivity index (χ3v) is 2.47. The summed E-state index contributed by atoms with van der Waals surface area (Å²) in [6, 6.07) is 8.28. The SMILES string of the molecule is Cc1cccc(Oc2ccc(N)c(C)n2)c1F. The quantitative estimate of drug-likeness (QED) is 0.864. The first kappa shape index (κ1) is 11.4. The fourth-order valence-electron chi connectivity index (χ4n) is 1.42. The fourth-order valence-corrected chi connectivity index (χ4v) is 1.42. The van der Waals surface area contributed by atoms with Crippen LogP contribution in [0.4, 0.5) is 10.1 Å². The molecule has 0 bridgehead atoms. The van der Waals surface area contributed by atoms with Gasteiger partial charge in [0.1, 0.15) is 0 Å². The first-order valence-electron chi connectivity index (χ1n) is 5.24. The van der Waals surface area contributed by atoms with E-state index in [9.17, 15) is 4.39 Å². The van der Waals surface area contributed by atoms with Crippen LogP contribution in [0.1, 0.15) is 11.3 Å². The number of nitrogens with two attached hydrogens (primary N) is 1. The van der Waals surface area contributed by atoms with E-state index in [0.29, 0.717) is 22.8 Å². The van der Waals surface area contributed by atoms with E-state index >= 15 is 0 Å². The monoisotopic (exact) mass is 232 g/mol. The van der Waals surface area contributed by atoms with Crippen molar-refractivity contribution in [2.45, 2.75) is 13.8 Å². The van der Waals surface area contributed by atoms with E-state index < -0.39 is 0 Å². The highest BCUT2D eigenvalue weighted by atomic mass is 19.1. The van der Waals surface area contributed by atoms with Crippen LogP contribution in [0.25, 0.3) is 0 Å². The summed E-state index contributed by atoms with van der Waals surface area (Å²) >= 11 is 0. The third kappa shape index (κ3) is 2.36. The molecule has 0 saturated carbocycles. The summed E-state index contributed by atoms with van der Waals surface area (Å²) in [6.45, 7) is 3.46. The van der Waals surface area contributed by atoms with E-state index in [-0.39, 0.29) is 11.6 Å². The largest absolute Gasteiger partial charge is 0.436 e. The van der Waals surface area contributed by atoms with Gasteiger partial charge in [-0.05, 0) is 31.5 Å². The number of nitrogen functional groups attached to an aromatic ring is 1. The van der Waals surface area contributed by atoms with Crippen molar-refractivity contribution in [1.29, 1.82) is 0 Å². The van der Waals surface area contributed by atoms with Gasteiger partial charge in [-0.3, -0.25) is 0 Å². The van der Waals surface area contributed by atoms with Crippen molar-refractivity contribution in [2.75, 3.05) is 5.73 Å². The molecule has 2 N–H and O–H groups in total. The van der Waals surface area contributed by atoms with Crippen molar-refractivity contribution in [2.24, 2.45) is 0 Å². The number of hydrogen-bond donors (Lipinski definition) is 1. The Morgan fingerprint density at radius 2 is 1.94 bits per heavy atom. The summed E-state index contributed by atoms with van der Waals surface area (Å²) in [6.07, 6.45) is 0. The number of hydrogen-bond acceptors (Lipinski definition) is 3.